The molecular weight excluding hydrogens is 446 g/mol. The molecule has 0 aliphatic carbocycles. The molecule has 14 heteroatoms. The molecule has 3 heterocycles. The Labute approximate surface area is 181 Å². The summed E-state index contributed by atoms with van der Waals surface area (Å²) in [4.78, 5) is 24.4. The lowest BCUT2D eigenvalue weighted by molar-refractivity contribution is 0.146. The van der Waals surface area contributed by atoms with Crippen LogP contribution in [0.15, 0.2) is 29.2 Å². The largest absolute Gasteiger partial charge is 0.368 e. The first kappa shape index (κ1) is 21.7. The van der Waals surface area contributed by atoms with E-state index in [2.05, 4.69) is 30.5 Å². The quantitative estimate of drug-likeness (QED) is 0.386. The first-order chi connectivity index (χ1) is 15.7. The van der Waals surface area contributed by atoms with Gasteiger partial charge in [-0.2, -0.15) is 15.3 Å². The van der Waals surface area contributed by atoms with Crippen molar-refractivity contribution in [3.05, 3.63) is 63.5 Å². The van der Waals surface area contributed by atoms with Crippen LogP contribution in [0.5, 0.6) is 0 Å². The van der Waals surface area contributed by atoms with Crippen LogP contribution in [0, 0.1) is 23.0 Å². The van der Waals surface area contributed by atoms with Crippen molar-refractivity contribution >= 4 is 22.7 Å². The lowest BCUT2D eigenvalue weighted by Crippen LogP contribution is -2.29. The lowest BCUT2D eigenvalue weighted by atomic mass is 10.2. The predicted molar refractivity (Wildman–Crippen MR) is 108 cm³/mol. The van der Waals surface area contributed by atoms with Crippen molar-refractivity contribution in [2.75, 3.05) is 11.1 Å². The van der Waals surface area contributed by atoms with E-state index in [9.17, 15) is 27.6 Å². The van der Waals surface area contributed by atoms with Crippen LogP contribution in [0.4, 0.5) is 29.3 Å². The van der Waals surface area contributed by atoms with Crippen molar-refractivity contribution in [3.8, 4) is 11.9 Å². The molecule has 33 heavy (non-hydrogen) atoms. The van der Waals surface area contributed by atoms with Gasteiger partial charge in [0.1, 0.15) is 51.5 Å². The Kier molecular flexibility index (Phi) is 5.38. The van der Waals surface area contributed by atoms with Gasteiger partial charge in [0.05, 0.1) is 12.2 Å². The molecule has 0 aliphatic heterocycles. The summed E-state index contributed by atoms with van der Waals surface area (Å²) in [6, 6.07) is 3.56. The number of nitrogens with one attached hydrogen (secondary N) is 2. The zero-order chi connectivity index (χ0) is 23.9. The maximum Gasteiger partial charge on any atom is 0.281 e. The average Bonchev–Trinajstić information content (AvgIpc) is 3.29. The van der Waals surface area contributed by atoms with Crippen LogP contribution in [0.1, 0.15) is 36.5 Å². The number of aromatic nitrogens is 6. The Hall–Kier alpha value is -4.54. The van der Waals surface area contributed by atoms with Gasteiger partial charge in [0.25, 0.3) is 12.0 Å². The second kappa shape index (κ2) is 8.19. The van der Waals surface area contributed by atoms with Crippen molar-refractivity contribution in [2.24, 2.45) is 0 Å². The summed E-state index contributed by atoms with van der Waals surface area (Å²) in [7, 11) is 0. The van der Waals surface area contributed by atoms with E-state index in [0.29, 0.717) is 0 Å². The summed E-state index contributed by atoms with van der Waals surface area (Å²) in [6.45, 7) is 1.44. The molecule has 0 amide bonds. The van der Waals surface area contributed by atoms with Crippen LogP contribution >= 0.6 is 0 Å². The number of nitrogen functional groups attached to an aromatic ring is 1. The zero-order valence-electron chi connectivity index (χ0n) is 16.6. The topological polar surface area (TPSA) is 151 Å². The second-order valence-corrected chi connectivity index (χ2v) is 6.77. The maximum atomic E-state index is 14.4. The first-order valence-corrected chi connectivity index (χ1v) is 9.25. The van der Waals surface area contributed by atoms with Gasteiger partial charge in [-0.25, -0.2) is 32.1 Å². The molecule has 0 aliphatic rings. The Bertz CT molecular complexity index is 1460. The number of nitrogens with two attached hydrogens (primary N) is 1. The summed E-state index contributed by atoms with van der Waals surface area (Å²) in [5.41, 5.74) is 2.57. The van der Waals surface area contributed by atoms with Gasteiger partial charge in [-0.3, -0.25) is 9.89 Å². The van der Waals surface area contributed by atoms with Crippen LogP contribution in [0.2, 0.25) is 0 Å². The van der Waals surface area contributed by atoms with E-state index in [0.717, 1.165) is 16.7 Å². The van der Waals surface area contributed by atoms with Crippen molar-refractivity contribution in [1.29, 1.82) is 5.26 Å². The molecule has 4 aromatic rings. The third-order valence-electron chi connectivity index (χ3n) is 4.69. The Morgan fingerprint density at radius 2 is 1.91 bits per heavy atom. The number of fused-ring (bicyclic) bond motifs is 1. The van der Waals surface area contributed by atoms with Gasteiger partial charge < -0.3 is 11.1 Å². The molecule has 3 aromatic heterocycles. The number of hydrogen-bond donors (Lipinski definition) is 3. The van der Waals surface area contributed by atoms with Crippen LogP contribution in [0.3, 0.4) is 0 Å². The minimum atomic E-state index is -3.11. The number of nitriles is 1. The number of aromatic amines is 1. The number of nitrogens with zero attached hydrogens (tertiary/aromatic N) is 6. The molecule has 0 radical (unpaired) electrons. The molecule has 1 unspecified atom stereocenters. The summed E-state index contributed by atoms with van der Waals surface area (Å²) >= 11 is 0. The van der Waals surface area contributed by atoms with Crippen LogP contribution in [-0.4, -0.2) is 29.7 Å². The fourth-order valence-corrected chi connectivity index (χ4v) is 3.27. The SMILES string of the molecule is CC(Nc1nc(N)nc(C(F)F)c1C#N)c1nc2c(F)ccc(F)c2c(=O)n1-c1ccn[nH]1. The van der Waals surface area contributed by atoms with Crippen molar-refractivity contribution in [2.45, 2.75) is 19.4 Å². The van der Waals surface area contributed by atoms with Crippen LogP contribution in [-0.2, 0) is 0 Å². The van der Waals surface area contributed by atoms with E-state index in [1.54, 1.807) is 6.07 Å². The number of hydrogen-bond acceptors (Lipinski definition) is 8. The highest BCUT2D eigenvalue weighted by Gasteiger charge is 2.26. The smallest absolute Gasteiger partial charge is 0.281 e. The molecule has 168 valence electrons. The highest BCUT2D eigenvalue weighted by molar-refractivity contribution is 5.79. The zero-order valence-corrected chi connectivity index (χ0v) is 16.6. The Morgan fingerprint density at radius 3 is 2.55 bits per heavy atom. The second-order valence-electron chi connectivity index (χ2n) is 6.77. The van der Waals surface area contributed by atoms with Gasteiger partial charge in [0, 0.05) is 6.07 Å². The van der Waals surface area contributed by atoms with E-state index in [-0.39, 0.29) is 17.5 Å². The van der Waals surface area contributed by atoms with Gasteiger partial charge in [0.2, 0.25) is 5.95 Å². The Balaban J connectivity index is 1.94. The normalized spacial score (nSPS) is 12.2. The number of H-pyrrole nitrogens is 1. The summed E-state index contributed by atoms with van der Waals surface area (Å²) in [5.74, 6) is -2.87. The van der Waals surface area contributed by atoms with E-state index in [1.807, 2.05) is 0 Å². The number of benzene rings is 1. The third-order valence-corrected chi connectivity index (χ3v) is 4.69. The number of rotatable bonds is 5. The molecule has 0 saturated heterocycles. The number of alkyl halides is 2. The highest BCUT2D eigenvalue weighted by Crippen LogP contribution is 2.29. The number of anilines is 2. The molecule has 0 saturated carbocycles. The first-order valence-electron chi connectivity index (χ1n) is 9.25. The molecule has 10 nitrogen and oxygen atoms in total. The van der Waals surface area contributed by atoms with Crippen molar-refractivity contribution < 1.29 is 17.6 Å². The monoisotopic (exact) mass is 459 g/mol. The van der Waals surface area contributed by atoms with Gasteiger partial charge >= 0.3 is 0 Å². The van der Waals surface area contributed by atoms with Gasteiger partial charge in [-0.05, 0) is 19.1 Å². The van der Waals surface area contributed by atoms with Gasteiger partial charge in [-0.1, -0.05) is 0 Å². The van der Waals surface area contributed by atoms with Crippen molar-refractivity contribution in [3.63, 3.8) is 0 Å². The van der Waals surface area contributed by atoms with E-state index >= 15 is 0 Å². The van der Waals surface area contributed by atoms with Crippen LogP contribution in [0.25, 0.3) is 16.7 Å². The summed E-state index contributed by atoms with van der Waals surface area (Å²) in [5, 5.41) is 17.7. The predicted octanol–water partition coefficient (Wildman–Crippen LogP) is 2.74. The van der Waals surface area contributed by atoms with Crippen LogP contribution < -0.4 is 16.6 Å². The van der Waals surface area contributed by atoms with Gasteiger partial charge in [-0.15, -0.1) is 0 Å². The van der Waals surface area contributed by atoms with E-state index in [4.69, 9.17) is 5.73 Å². The molecule has 4 N–H and O–H groups in total. The van der Waals surface area contributed by atoms with Gasteiger partial charge in [0.15, 0.2) is 5.82 Å². The average molecular weight is 459 g/mol. The summed E-state index contributed by atoms with van der Waals surface area (Å²) in [6.07, 6.45) is -1.79. The molecule has 0 bridgehead atoms. The number of halogens is 4. The van der Waals surface area contributed by atoms with E-state index < -0.39 is 57.8 Å². The molecule has 1 aromatic carbocycles. The third kappa shape index (κ3) is 3.69. The Morgan fingerprint density at radius 1 is 1.18 bits per heavy atom. The van der Waals surface area contributed by atoms with Crippen molar-refractivity contribution in [1.82, 2.24) is 29.7 Å². The lowest BCUT2D eigenvalue weighted by Gasteiger charge is -2.20. The fraction of sp³-hybridized carbons (Fsp3) is 0.158. The standard InChI is InChI=1S/C19H13F4N9O/c1-7(27-16-8(6-24)13(15(22)23)29-19(25)30-16)17-28-14-10(21)3-2-9(20)12(14)18(33)32(17)11-4-5-26-31-11/h2-5,7,15H,1H3,(H,26,31)(H3,25,27,29,30). The minimum absolute atomic E-state index is 0.0812. The maximum absolute atomic E-state index is 14.4. The molecule has 0 fully saturated rings. The fourth-order valence-electron chi connectivity index (χ4n) is 3.27. The molecule has 4 rings (SSSR count). The highest BCUT2D eigenvalue weighted by atomic mass is 19.3. The van der Waals surface area contributed by atoms with E-state index in [1.165, 1.54) is 19.2 Å². The molecular formula is C19H13F4N9O. The minimum Gasteiger partial charge on any atom is -0.368 e. The summed E-state index contributed by atoms with van der Waals surface area (Å²) < 4.78 is 56.4. The molecule has 1 atom stereocenters. The molecule has 0 spiro atoms.